The lowest BCUT2D eigenvalue weighted by Crippen LogP contribution is -2.30. The van der Waals surface area contributed by atoms with Crippen molar-refractivity contribution in [3.8, 4) is 11.5 Å². The molecule has 0 radical (unpaired) electrons. The summed E-state index contributed by atoms with van der Waals surface area (Å²) in [5, 5.41) is 13.4. The number of nitrogens with one attached hydrogen (secondary N) is 1. The predicted molar refractivity (Wildman–Crippen MR) is 95.6 cm³/mol. The second-order valence-corrected chi connectivity index (χ2v) is 5.37. The quantitative estimate of drug-likeness (QED) is 0.419. The van der Waals surface area contributed by atoms with E-state index in [1.807, 2.05) is 0 Å². The van der Waals surface area contributed by atoms with Gasteiger partial charge in [0, 0.05) is 24.9 Å². The maximum absolute atomic E-state index is 12.2. The van der Waals surface area contributed by atoms with Crippen molar-refractivity contribution in [2.45, 2.75) is 13.0 Å². The van der Waals surface area contributed by atoms with E-state index in [0.717, 1.165) is 0 Å². The molecule has 0 fully saturated rings. The number of amides is 1. The minimum atomic E-state index is -0.769. The van der Waals surface area contributed by atoms with E-state index in [-0.39, 0.29) is 11.6 Å². The number of hydrogen-bond acceptors (Lipinski definition) is 6. The Morgan fingerprint density at radius 2 is 1.69 bits per heavy atom. The molecule has 1 amide bonds. The van der Waals surface area contributed by atoms with Crippen LogP contribution >= 0.6 is 0 Å². The summed E-state index contributed by atoms with van der Waals surface area (Å²) in [7, 11) is 1.60. The lowest BCUT2D eigenvalue weighted by Gasteiger charge is -2.15. The first-order valence-corrected chi connectivity index (χ1v) is 7.93. The van der Waals surface area contributed by atoms with Gasteiger partial charge >= 0.3 is 0 Å². The minimum Gasteiger partial charge on any atom is -0.491 e. The Morgan fingerprint density at radius 1 is 1.08 bits per heavy atom. The standard InChI is InChI=1S/C18H20N2O6/c1-13(26-17-9-5-15(6-10-17)20(22)23)18(21)19-14-3-7-16(8-4-14)25-12-11-24-2/h3-10,13H,11-12H2,1-2H3,(H,19,21). The van der Waals surface area contributed by atoms with Gasteiger partial charge in [-0.2, -0.15) is 0 Å². The average Bonchev–Trinajstić information content (AvgIpc) is 2.63. The number of nitrogens with zero attached hydrogens (tertiary/aromatic N) is 1. The number of benzene rings is 2. The van der Waals surface area contributed by atoms with Crippen LogP contribution in [0, 0.1) is 10.1 Å². The molecule has 0 saturated heterocycles. The van der Waals surface area contributed by atoms with Gasteiger partial charge in [0.1, 0.15) is 18.1 Å². The molecule has 0 aliphatic heterocycles. The minimum absolute atomic E-state index is 0.0396. The van der Waals surface area contributed by atoms with E-state index in [1.54, 1.807) is 38.3 Å². The van der Waals surface area contributed by atoms with Crippen molar-refractivity contribution in [1.29, 1.82) is 0 Å². The molecule has 0 saturated carbocycles. The van der Waals surface area contributed by atoms with Crippen molar-refractivity contribution < 1.29 is 23.9 Å². The van der Waals surface area contributed by atoms with Crippen molar-refractivity contribution in [2.75, 3.05) is 25.6 Å². The van der Waals surface area contributed by atoms with E-state index in [2.05, 4.69) is 5.32 Å². The Kier molecular flexibility index (Phi) is 6.92. The van der Waals surface area contributed by atoms with Gasteiger partial charge in [-0.3, -0.25) is 14.9 Å². The Hall–Kier alpha value is -3.13. The number of methoxy groups -OCH3 is 1. The monoisotopic (exact) mass is 360 g/mol. The van der Waals surface area contributed by atoms with Crippen molar-refractivity contribution in [2.24, 2.45) is 0 Å². The van der Waals surface area contributed by atoms with Crippen LogP contribution in [0.15, 0.2) is 48.5 Å². The first-order chi connectivity index (χ1) is 12.5. The third-order valence-electron chi connectivity index (χ3n) is 3.41. The number of carbonyl (C=O) groups is 1. The van der Waals surface area contributed by atoms with Gasteiger partial charge in [0.15, 0.2) is 6.10 Å². The lowest BCUT2D eigenvalue weighted by atomic mass is 10.2. The number of nitro groups is 1. The zero-order chi connectivity index (χ0) is 18.9. The summed E-state index contributed by atoms with van der Waals surface area (Å²) in [6.07, 6.45) is -0.769. The summed E-state index contributed by atoms with van der Waals surface area (Å²) in [5.41, 5.74) is 0.565. The number of non-ortho nitro benzene ring substituents is 1. The Labute approximate surface area is 150 Å². The normalized spacial score (nSPS) is 11.5. The second kappa shape index (κ2) is 9.38. The van der Waals surface area contributed by atoms with E-state index in [4.69, 9.17) is 14.2 Å². The summed E-state index contributed by atoms with van der Waals surface area (Å²) in [5.74, 6) is 0.715. The summed E-state index contributed by atoms with van der Waals surface area (Å²) in [6.45, 7) is 2.54. The van der Waals surface area contributed by atoms with Crippen molar-refractivity contribution >= 4 is 17.3 Å². The van der Waals surface area contributed by atoms with Crippen LogP contribution in [0.3, 0.4) is 0 Å². The molecule has 0 aromatic heterocycles. The molecular formula is C18H20N2O6. The summed E-state index contributed by atoms with van der Waals surface area (Å²) < 4.78 is 15.9. The summed E-state index contributed by atoms with van der Waals surface area (Å²) >= 11 is 0. The molecule has 0 heterocycles. The van der Waals surface area contributed by atoms with E-state index in [0.29, 0.717) is 30.4 Å². The van der Waals surface area contributed by atoms with E-state index in [9.17, 15) is 14.9 Å². The smallest absolute Gasteiger partial charge is 0.269 e. The molecule has 8 heteroatoms. The first-order valence-electron chi connectivity index (χ1n) is 7.93. The van der Waals surface area contributed by atoms with Crippen LogP contribution in [0.2, 0.25) is 0 Å². The molecule has 8 nitrogen and oxygen atoms in total. The zero-order valence-corrected chi connectivity index (χ0v) is 14.5. The van der Waals surface area contributed by atoms with Gasteiger partial charge in [-0.15, -0.1) is 0 Å². The fourth-order valence-corrected chi connectivity index (χ4v) is 2.03. The van der Waals surface area contributed by atoms with Gasteiger partial charge in [-0.25, -0.2) is 0 Å². The van der Waals surface area contributed by atoms with Gasteiger partial charge in [-0.05, 0) is 43.3 Å². The fourth-order valence-electron chi connectivity index (χ4n) is 2.03. The fraction of sp³-hybridized carbons (Fsp3) is 0.278. The molecular weight excluding hydrogens is 340 g/mol. The van der Waals surface area contributed by atoms with Crippen LogP contribution in [-0.4, -0.2) is 37.3 Å². The average molecular weight is 360 g/mol. The molecule has 2 aromatic rings. The molecule has 1 unspecified atom stereocenters. The Bertz CT molecular complexity index is 730. The summed E-state index contributed by atoms with van der Waals surface area (Å²) in [6, 6.07) is 12.5. The van der Waals surface area contributed by atoms with Gasteiger partial charge in [0.05, 0.1) is 11.5 Å². The summed E-state index contributed by atoms with van der Waals surface area (Å²) in [4.78, 5) is 22.3. The molecule has 2 rings (SSSR count). The number of carbonyl (C=O) groups excluding carboxylic acids is 1. The second-order valence-electron chi connectivity index (χ2n) is 5.37. The Balaban J connectivity index is 1.87. The number of rotatable bonds is 9. The highest BCUT2D eigenvalue weighted by Gasteiger charge is 2.15. The largest absolute Gasteiger partial charge is 0.491 e. The van der Waals surface area contributed by atoms with Crippen LogP contribution in [-0.2, 0) is 9.53 Å². The van der Waals surface area contributed by atoms with Crippen LogP contribution in [0.4, 0.5) is 11.4 Å². The number of nitro benzene ring substituents is 1. The van der Waals surface area contributed by atoms with E-state index >= 15 is 0 Å². The molecule has 26 heavy (non-hydrogen) atoms. The predicted octanol–water partition coefficient (Wildman–Crippen LogP) is 3.03. The molecule has 0 spiro atoms. The van der Waals surface area contributed by atoms with Crippen molar-refractivity contribution in [3.63, 3.8) is 0 Å². The van der Waals surface area contributed by atoms with Crippen LogP contribution in [0.1, 0.15) is 6.92 Å². The molecule has 1 atom stereocenters. The van der Waals surface area contributed by atoms with Gasteiger partial charge in [-0.1, -0.05) is 0 Å². The number of hydrogen-bond donors (Lipinski definition) is 1. The van der Waals surface area contributed by atoms with Crippen LogP contribution < -0.4 is 14.8 Å². The molecule has 138 valence electrons. The van der Waals surface area contributed by atoms with E-state index < -0.39 is 11.0 Å². The Morgan fingerprint density at radius 3 is 2.27 bits per heavy atom. The van der Waals surface area contributed by atoms with Crippen molar-refractivity contribution in [1.82, 2.24) is 0 Å². The molecule has 2 aromatic carbocycles. The highest BCUT2D eigenvalue weighted by molar-refractivity contribution is 5.94. The number of anilines is 1. The maximum Gasteiger partial charge on any atom is 0.269 e. The van der Waals surface area contributed by atoms with Crippen molar-refractivity contribution in [3.05, 3.63) is 58.6 Å². The lowest BCUT2D eigenvalue weighted by molar-refractivity contribution is -0.384. The number of ether oxygens (including phenoxy) is 3. The van der Waals surface area contributed by atoms with Crippen LogP contribution in [0.25, 0.3) is 0 Å². The molecule has 1 N–H and O–H groups in total. The van der Waals surface area contributed by atoms with E-state index in [1.165, 1.54) is 24.3 Å². The molecule has 0 aliphatic rings. The zero-order valence-electron chi connectivity index (χ0n) is 14.5. The van der Waals surface area contributed by atoms with Gasteiger partial charge in [0.2, 0.25) is 0 Å². The highest BCUT2D eigenvalue weighted by atomic mass is 16.6. The highest BCUT2D eigenvalue weighted by Crippen LogP contribution is 2.19. The molecule has 0 bridgehead atoms. The SMILES string of the molecule is COCCOc1ccc(NC(=O)C(C)Oc2ccc([N+](=O)[O-])cc2)cc1. The van der Waals surface area contributed by atoms with Gasteiger partial charge in [0.25, 0.3) is 11.6 Å². The topological polar surface area (TPSA) is 99.9 Å². The maximum atomic E-state index is 12.2. The van der Waals surface area contributed by atoms with Gasteiger partial charge < -0.3 is 19.5 Å². The third kappa shape index (κ3) is 5.75. The van der Waals surface area contributed by atoms with Crippen LogP contribution in [0.5, 0.6) is 11.5 Å². The third-order valence-corrected chi connectivity index (χ3v) is 3.41. The molecule has 0 aliphatic carbocycles. The first kappa shape index (κ1) is 19.2.